The third kappa shape index (κ3) is 2.38. The number of fused-ring (bicyclic) bond motifs is 1. The fourth-order valence-corrected chi connectivity index (χ4v) is 3.07. The largest absolute Gasteiger partial charge is 0.395 e. The number of aliphatic hydroxyl groups is 1. The number of nitrogens with zero attached hydrogens (tertiary/aromatic N) is 3. The summed E-state index contributed by atoms with van der Waals surface area (Å²) >= 11 is 0. The number of hydrogen-bond acceptors (Lipinski definition) is 3. The van der Waals surface area contributed by atoms with Gasteiger partial charge in [0, 0.05) is 25.0 Å². The number of aryl methyl sites for hydroxylation is 1. The summed E-state index contributed by atoms with van der Waals surface area (Å²) in [6, 6.07) is 8.65. The zero-order chi connectivity index (χ0) is 13.2. The Morgan fingerprint density at radius 3 is 3.00 bits per heavy atom. The molecule has 1 atom stereocenters. The molecule has 1 fully saturated rings. The normalized spacial score (nSPS) is 21.1. The fourth-order valence-electron chi connectivity index (χ4n) is 3.07. The Bertz CT molecular complexity index is 564. The van der Waals surface area contributed by atoms with Crippen LogP contribution in [0.4, 0.5) is 0 Å². The lowest BCUT2D eigenvalue weighted by Crippen LogP contribution is -2.41. The molecule has 1 aromatic heterocycles. The highest BCUT2D eigenvalue weighted by Gasteiger charge is 2.23. The number of aromatic nitrogens is 2. The van der Waals surface area contributed by atoms with Crippen molar-refractivity contribution in [1.29, 1.82) is 0 Å². The molecule has 1 N–H and O–H groups in total. The van der Waals surface area contributed by atoms with E-state index in [4.69, 9.17) is 0 Å². The van der Waals surface area contributed by atoms with Gasteiger partial charge in [0.25, 0.3) is 0 Å². The van der Waals surface area contributed by atoms with Crippen molar-refractivity contribution in [3.8, 4) is 0 Å². The summed E-state index contributed by atoms with van der Waals surface area (Å²) in [6.45, 7) is 2.16. The molecule has 1 aromatic carbocycles. The van der Waals surface area contributed by atoms with Gasteiger partial charge in [-0.25, -0.2) is 0 Å². The Labute approximate surface area is 113 Å². The van der Waals surface area contributed by atoms with Crippen LogP contribution in [-0.2, 0) is 13.6 Å². The Kier molecular flexibility index (Phi) is 3.53. The molecule has 0 saturated carbocycles. The lowest BCUT2D eigenvalue weighted by molar-refractivity contribution is 0.0832. The van der Waals surface area contributed by atoms with E-state index in [0.29, 0.717) is 6.04 Å². The average molecular weight is 259 g/mol. The second-order valence-electron chi connectivity index (χ2n) is 5.39. The van der Waals surface area contributed by atoms with Gasteiger partial charge in [0.1, 0.15) is 0 Å². The van der Waals surface area contributed by atoms with Crippen LogP contribution in [0.5, 0.6) is 0 Å². The van der Waals surface area contributed by atoms with E-state index in [0.717, 1.165) is 25.2 Å². The quantitative estimate of drug-likeness (QED) is 0.915. The smallest absolute Gasteiger partial charge is 0.0843 e. The van der Waals surface area contributed by atoms with E-state index in [1.807, 2.05) is 17.8 Å². The first-order valence-electron chi connectivity index (χ1n) is 7.05. The second-order valence-corrected chi connectivity index (χ2v) is 5.39. The van der Waals surface area contributed by atoms with E-state index in [1.165, 1.54) is 23.7 Å². The van der Waals surface area contributed by atoms with Gasteiger partial charge < -0.3 is 5.11 Å². The minimum atomic E-state index is 0.255. The van der Waals surface area contributed by atoms with Gasteiger partial charge in [0.15, 0.2) is 0 Å². The van der Waals surface area contributed by atoms with Gasteiger partial charge >= 0.3 is 0 Å². The summed E-state index contributed by atoms with van der Waals surface area (Å²) in [5, 5.41) is 15.4. The van der Waals surface area contributed by atoms with Crippen LogP contribution in [-0.4, -0.2) is 39.0 Å². The second kappa shape index (κ2) is 5.31. The van der Waals surface area contributed by atoms with Crippen molar-refractivity contribution in [2.45, 2.75) is 31.8 Å². The molecule has 0 amide bonds. The summed E-state index contributed by atoms with van der Waals surface area (Å²) in [7, 11) is 1.99. The maximum Gasteiger partial charge on any atom is 0.0843 e. The molecule has 0 spiro atoms. The van der Waals surface area contributed by atoms with E-state index in [9.17, 15) is 5.11 Å². The highest BCUT2D eigenvalue weighted by atomic mass is 16.3. The van der Waals surface area contributed by atoms with E-state index in [-0.39, 0.29) is 6.61 Å². The first-order chi connectivity index (χ1) is 9.29. The molecule has 0 radical (unpaired) electrons. The van der Waals surface area contributed by atoms with Crippen molar-refractivity contribution >= 4 is 10.9 Å². The minimum absolute atomic E-state index is 0.255. The number of para-hydroxylation sites is 1. The molecule has 0 bridgehead atoms. The molecule has 4 nitrogen and oxygen atoms in total. The minimum Gasteiger partial charge on any atom is -0.395 e. The molecular formula is C15H21N3O. The van der Waals surface area contributed by atoms with Crippen molar-refractivity contribution in [3.63, 3.8) is 0 Å². The number of likely N-dealkylation sites (tertiary alicyclic amines) is 1. The first-order valence-corrected chi connectivity index (χ1v) is 7.05. The number of rotatable bonds is 3. The third-order valence-corrected chi connectivity index (χ3v) is 4.15. The van der Waals surface area contributed by atoms with Crippen molar-refractivity contribution in [2.75, 3.05) is 13.2 Å². The number of aliphatic hydroxyl groups excluding tert-OH is 1. The van der Waals surface area contributed by atoms with Gasteiger partial charge in [0.05, 0.1) is 17.8 Å². The first kappa shape index (κ1) is 12.6. The number of hydrogen-bond donors (Lipinski definition) is 1. The molecule has 2 aromatic rings. The molecule has 2 heterocycles. The van der Waals surface area contributed by atoms with Crippen LogP contribution in [0, 0.1) is 0 Å². The van der Waals surface area contributed by atoms with Crippen molar-refractivity contribution < 1.29 is 5.11 Å². The molecule has 0 aliphatic carbocycles. The standard InChI is InChI=1S/C15H21N3O/c1-17-15-8-3-2-7-13(15)14(16-17)10-18-9-5-4-6-12(18)11-19/h2-3,7-8,12,19H,4-6,9-11H2,1H3. The van der Waals surface area contributed by atoms with Crippen LogP contribution in [0.1, 0.15) is 25.0 Å². The van der Waals surface area contributed by atoms with Crippen LogP contribution in [0.3, 0.4) is 0 Å². The van der Waals surface area contributed by atoms with E-state index in [2.05, 4.69) is 28.2 Å². The molecule has 1 aliphatic heterocycles. The molecule has 1 unspecified atom stereocenters. The van der Waals surface area contributed by atoms with Crippen molar-refractivity contribution in [2.24, 2.45) is 7.05 Å². The summed E-state index contributed by atoms with van der Waals surface area (Å²) in [4.78, 5) is 2.37. The summed E-state index contributed by atoms with van der Waals surface area (Å²) in [5.41, 5.74) is 2.30. The SMILES string of the molecule is Cn1nc(CN2CCCCC2CO)c2ccccc21. The van der Waals surface area contributed by atoms with Gasteiger partial charge in [-0.3, -0.25) is 9.58 Å². The van der Waals surface area contributed by atoms with E-state index >= 15 is 0 Å². The van der Waals surface area contributed by atoms with Crippen LogP contribution in [0.15, 0.2) is 24.3 Å². The van der Waals surface area contributed by atoms with Crippen LogP contribution < -0.4 is 0 Å². The fraction of sp³-hybridized carbons (Fsp3) is 0.533. The van der Waals surface area contributed by atoms with Gasteiger partial charge in [-0.15, -0.1) is 0 Å². The molecule has 1 saturated heterocycles. The summed E-state index contributed by atoms with van der Waals surface area (Å²) < 4.78 is 1.95. The van der Waals surface area contributed by atoms with Crippen molar-refractivity contribution in [1.82, 2.24) is 14.7 Å². The van der Waals surface area contributed by atoms with Crippen LogP contribution in [0.2, 0.25) is 0 Å². The summed E-state index contributed by atoms with van der Waals surface area (Å²) in [6.07, 6.45) is 3.55. The zero-order valence-corrected chi connectivity index (χ0v) is 11.4. The monoisotopic (exact) mass is 259 g/mol. The van der Waals surface area contributed by atoms with Crippen LogP contribution in [0.25, 0.3) is 10.9 Å². The molecular weight excluding hydrogens is 238 g/mol. The topological polar surface area (TPSA) is 41.3 Å². The Hall–Kier alpha value is -1.39. The Balaban J connectivity index is 1.88. The Morgan fingerprint density at radius 1 is 1.32 bits per heavy atom. The zero-order valence-electron chi connectivity index (χ0n) is 11.4. The lowest BCUT2D eigenvalue weighted by atomic mass is 10.0. The molecule has 102 valence electrons. The molecule has 19 heavy (non-hydrogen) atoms. The highest BCUT2D eigenvalue weighted by molar-refractivity contribution is 5.81. The van der Waals surface area contributed by atoms with Gasteiger partial charge in [-0.1, -0.05) is 24.6 Å². The third-order valence-electron chi connectivity index (χ3n) is 4.15. The van der Waals surface area contributed by atoms with Crippen molar-refractivity contribution in [3.05, 3.63) is 30.0 Å². The van der Waals surface area contributed by atoms with Gasteiger partial charge in [-0.05, 0) is 25.5 Å². The predicted molar refractivity (Wildman–Crippen MR) is 75.8 cm³/mol. The highest BCUT2D eigenvalue weighted by Crippen LogP contribution is 2.23. The van der Waals surface area contributed by atoms with Crippen LogP contribution >= 0.6 is 0 Å². The maximum absolute atomic E-state index is 9.49. The number of benzene rings is 1. The maximum atomic E-state index is 9.49. The molecule has 4 heteroatoms. The average Bonchev–Trinajstić information content (AvgIpc) is 2.77. The molecule has 1 aliphatic rings. The van der Waals surface area contributed by atoms with E-state index in [1.54, 1.807) is 0 Å². The van der Waals surface area contributed by atoms with E-state index < -0.39 is 0 Å². The lowest BCUT2D eigenvalue weighted by Gasteiger charge is -2.34. The number of piperidine rings is 1. The molecule has 3 rings (SSSR count). The summed E-state index contributed by atoms with van der Waals surface area (Å²) in [5.74, 6) is 0. The Morgan fingerprint density at radius 2 is 2.16 bits per heavy atom. The van der Waals surface area contributed by atoms with Gasteiger partial charge in [-0.2, -0.15) is 5.10 Å². The predicted octanol–water partition coefficient (Wildman–Crippen LogP) is 1.92. The van der Waals surface area contributed by atoms with Gasteiger partial charge in [0.2, 0.25) is 0 Å².